The third-order valence-corrected chi connectivity index (χ3v) is 7.38. The molecule has 0 spiro atoms. The molecule has 0 unspecified atom stereocenters. The van der Waals surface area contributed by atoms with Gasteiger partial charge in [0.1, 0.15) is 0 Å². The van der Waals surface area contributed by atoms with Crippen LogP contribution in [-0.2, 0) is 12.8 Å². The van der Waals surface area contributed by atoms with Crippen molar-refractivity contribution in [3.63, 3.8) is 0 Å². The predicted octanol–water partition coefficient (Wildman–Crippen LogP) is 9.32. The van der Waals surface area contributed by atoms with Crippen LogP contribution < -0.4 is 0 Å². The number of halogens is 2. The van der Waals surface area contributed by atoms with Gasteiger partial charge in [-0.15, -0.1) is 0 Å². The third kappa shape index (κ3) is 4.57. The molecule has 0 nitrogen and oxygen atoms in total. The highest BCUT2D eigenvalue weighted by Gasteiger charge is 2.16. The molecule has 0 saturated heterocycles. The van der Waals surface area contributed by atoms with Crippen LogP contribution in [0.2, 0.25) is 0 Å². The minimum Gasteiger partial charge on any atom is -0.0616 e. The molecule has 0 N–H and O–H groups in total. The van der Waals surface area contributed by atoms with E-state index in [1.54, 1.807) is 0 Å². The normalized spacial score (nSPS) is 12.8. The fourth-order valence-electron chi connectivity index (χ4n) is 4.24. The number of hydrogen-bond donors (Lipinski definition) is 0. The van der Waals surface area contributed by atoms with Crippen molar-refractivity contribution in [1.82, 2.24) is 0 Å². The second-order valence-corrected chi connectivity index (χ2v) is 9.75. The monoisotopic (exact) mass is 540 g/mol. The summed E-state index contributed by atoms with van der Waals surface area (Å²) in [5.41, 5.74) is 10.5. The quantitative estimate of drug-likeness (QED) is 0.226. The summed E-state index contributed by atoms with van der Waals surface area (Å²) in [6.07, 6.45) is 10.9. The molecule has 0 aliphatic heterocycles. The lowest BCUT2D eigenvalue weighted by Gasteiger charge is -2.21. The zero-order valence-electron chi connectivity index (χ0n) is 17.6. The van der Waals surface area contributed by atoms with E-state index < -0.39 is 0 Å². The molecular formula is C30H22Br2. The summed E-state index contributed by atoms with van der Waals surface area (Å²) in [6, 6.07) is 30.3. The van der Waals surface area contributed by atoms with E-state index in [1.807, 2.05) is 12.1 Å². The van der Waals surface area contributed by atoms with E-state index in [0.29, 0.717) is 0 Å². The average molecular weight is 542 g/mol. The van der Waals surface area contributed by atoms with Crippen LogP contribution in [0.1, 0.15) is 33.4 Å². The highest BCUT2D eigenvalue weighted by molar-refractivity contribution is 9.10. The predicted molar refractivity (Wildman–Crippen MR) is 145 cm³/mol. The van der Waals surface area contributed by atoms with E-state index in [-0.39, 0.29) is 0 Å². The van der Waals surface area contributed by atoms with Crippen LogP contribution in [0.5, 0.6) is 0 Å². The third-order valence-electron chi connectivity index (χ3n) is 5.93. The number of fused-ring (bicyclic) bond motifs is 3. The van der Waals surface area contributed by atoms with Gasteiger partial charge in [-0.2, -0.15) is 0 Å². The molecule has 4 aromatic rings. The highest BCUT2D eigenvalue weighted by atomic mass is 79.9. The largest absolute Gasteiger partial charge is 0.0616 e. The fourth-order valence-corrected chi connectivity index (χ4v) is 5.07. The van der Waals surface area contributed by atoms with Crippen molar-refractivity contribution in [2.45, 2.75) is 12.8 Å². The van der Waals surface area contributed by atoms with Gasteiger partial charge in [-0.25, -0.2) is 0 Å². The van der Waals surface area contributed by atoms with Gasteiger partial charge in [0.15, 0.2) is 0 Å². The molecule has 0 atom stereocenters. The molecule has 0 fully saturated rings. The molecule has 0 aromatic heterocycles. The van der Waals surface area contributed by atoms with Crippen LogP contribution in [0.4, 0.5) is 0 Å². The number of hydrogen-bond acceptors (Lipinski definition) is 0. The lowest BCUT2D eigenvalue weighted by Crippen LogP contribution is -2.04. The van der Waals surface area contributed by atoms with Gasteiger partial charge in [0.25, 0.3) is 0 Å². The molecule has 0 radical (unpaired) electrons. The van der Waals surface area contributed by atoms with Crippen molar-refractivity contribution in [2.75, 3.05) is 0 Å². The van der Waals surface area contributed by atoms with Crippen LogP contribution >= 0.6 is 31.9 Å². The first kappa shape index (κ1) is 21.2. The summed E-state index contributed by atoms with van der Waals surface area (Å²) in [7, 11) is 0. The standard InChI is InChI=1S/C30H22Br2/c31-29-7-3-1-5-23(29)13-9-21-11-17-27-25(19-21)15-16-26-20-22(12-18-28(26)27)10-14-24-6-2-4-8-30(24)32/h1-14,17-20H,15-16H2/b13-9+,14-10+. The van der Waals surface area contributed by atoms with Crippen molar-refractivity contribution >= 4 is 56.2 Å². The molecule has 4 aromatic carbocycles. The first-order chi connectivity index (χ1) is 15.7. The molecule has 0 amide bonds. The van der Waals surface area contributed by atoms with Crippen LogP contribution in [0, 0.1) is 0 Å². The number of rotatable bonds is 4. The maximum atomic E-state index is 3.62. The van der Waals surface area contributed by atoms with E-state index >= 15 is 0 Å². The Labute approximate surface area is 206 Å². The lowest BCUT2D eigenvalue weighted by atomic mass is 9.84. The molecule has 32 heavy (non-hydrogen) atoms. The smallest absolute Gasteiger partial charge is 0.0247 e. The molecule has 156 valence electrons. The summed E-state index contributed by atoms with van der Waals surface area (Å²) in [5, 5.41) is 0. The molecular weight excluding hydrogens is 520 g/mol. The molecule has 2 heteroatoms. The van der Waals surface area contributed by atoms with Crippen LogP contribution in [0.3, 0.4) is 0 Å². The SMILES string of the molecule is Brc1ccccc1/C=C/c1ccc2c(c1)CCc1cc(/C=C/c3ccccc3Br)ccc1-2. The molecule has 0 bridgehead atoms. The Hall–Kier alpha value is -2.68. The molecule has 1 aliphatic rings. The molecule has 1 aliphatic carbocycles. The molecule has 0 saturated carbocycles. The zero-order chi connectivity index (χ0) is 21.9. The van der Waals surface area contributed by atoms with E-state index in [4.69, 9.17) is 0 Å². The maximum absolute atomic E-state index is 3.62. The average Bonchev–Trinajstić information content (AvgIpc) is 2.82. The topological polar surface area (TPSA) is 0 Å². The Morgan fingerprint density at radius 3 is 1.38 bits per heavy atom. The van der Waals surface area contributed by atoms with Crippen molar-refractivity contribution in [2.24, 2.45) is 0 Å². The van der Waals surface area contributed by atoms with Gasteiger partial charge in [0.05, 0.1) is 0 Å². The Morgan fingerprint density at radius 1 is 0.500 bits per heavy atom. The van der Waals surface area contributed by atoms with Gasteiger partial charge in [0.2, 0.25) is 0 Å². The Kier molecular flexibility index (Phi) is 6.25. The summed E-state index contributed by atoms with van der Waals surface area (Å²) >= 11 is 7.25. The van der Waals surface area contributed by atoms with E-state index in [1.165, 1.54) is 44.5 Å². The Bertz CT molecular complexity index is 1240. The summed E-state index contributed by atoms with van der Waals surface area (Å²) in [6.45, 7) is 0. The Balaban J connectivity index is 1.39. The van der Waals surface area contributed by atoms with Gasteiger partial charge in [-0.1, -0.05) is 129 Å². The summed E-state index contributed by atoms with van der Waals surface area (Å²) in [5.74, 6) is 0. The van der Waals surface area contributed by atoms with E-state index in [2.05, 4.69) is 129 Å². The van der Waals surface area contributed by atoms with Gasteiger partial charge < -0.3 is 0 Å². The van der Waals surface area contributed by atoms with Gasteiger partial charge in [-0.05, 0) is 69.5 Å². The molecule has 5 rings (SSSR count). The van der Waals surface area contributed by atoms with E-state index in [9.17, 15) is 0 Å². The second-order valence-electron chi connectivity index (χ2n) is 8.04. The van der Waals surface area contributed by atoms with Gasteiger partial charge in [0, 0.05) is 8.95 Å². The number of aryl methyl sites for hydroxylation is 2. The molecule has 0 heterocycles. The first-order valence-electron chi connectivity index (χ1n) is 10.8. The van der Waals surface area contributed by atoms with E-state index in [0.717, 1.165) is 21.8 Å². The van der Waals surface area contributed by atoms with Crippen molar-refractivity contribution in [1.29, 1.82) is 0 Å². The van der Waals surface area contributed by atoms with Crippen molar-refractivity contribution < 1.29 is 0 Å². The van der Waals surface area contributed by atoms with Crippen molar-refractivity contribution in [3.8, 4) is 11.1 Å². The van der Waals surface area contributed by atoms with Gasteiger partial charge >= 0.3 is 0 Å². The minimum absolute atomic E-state index is 1.08. The summed E-state index contributed by atoms with van der Waals surface area (Å²) < 4.78 is 2.24. The van der Waals surface area contributed by atoms with Crippen LogP contribution in [0.25, 0.3) is 35.4 Å². The second kappa shape index (κ2) is 9.44. The van der Waals surface area contributed by atoms with Crippen LogP contribution in [0.15, 0.2) is 93.9 Å². The summed E-state index contributed by atoms with van der Waals surface area (Å²) in [4.78, 5) is 0. The Morgan fingerprint density at radius 2 is 0.938 bits per heavy atom. The minimum atomic E-state index is 1.08. The first-order valence-corrected chi connectivity index (χ1v) is 12.4. The van der Waals surface area contributed by atoms with Crippen LogP contribution in [-0.4, -0.2) is 0 Å². The maximum Gasteiger partial charge on any atom is 0.0247 e. The zero-order valence-corrected chi connectivity index (χ0v) is 20.7. The lowest BCUT2D eigenvalue weighted by molar-refractivity contribution is 0.941. The highest BCUT2D eigenvalue weighted by Crippen LogP contribution is 2.35. The fraction of sp³-hybridized carbons (Fsp3) is 0.0667. The number of benzene rings is 4. The van der Waals surface area contributed by atoms with Crippen molar-refractivity contribution in [3.05, 3.63) is 127 Å². The van der Waals surface area contributed by atoms with Gasteiger partial charge in [-0.3, -0.25) is 0 Å².